The summed E-state index contributed by atoms with van der Waals surface area (Å²) in [5, 5.41) is 22.7. The van der Waals surface area contributed by atoms with Gasteiger partial charge >= 0.3 is 6.09 Å². The molecule has 0 saturated carbocycles. The van der Waals surface area contributed by atoms with E-state index >= 15 is 0 Å². The minimum Gasteiger partial charge on any atom is -0.450 e. The molecule has 1 heterocycles. The first-order valence-electron chi connectivity index (χ1n) is 8.56. The van der Waals surface area contributed by atoms with Gasteiger partial charge in [-0.15, -0.1) is 10.2 Å². The molecule has 2 rings (SSSR count). The lowest BCUT2D eigenvalue weighted by Crippen LogP contribution is -2.36. The molecule has 2 amide bonds. The maximum Gasteiger partial charge on any atom is 0.414 e. The summed E-state index contributed by atoms with van der Waals surface area (Å²) in [6.45, 7) is 5.14. The predicted molar refractivity (Wildman–Crippen MR) is 115 cm³/mol. The number of alkyl carbamates (subject to hydrolysis) is 1. The molecule has 31 heavy (non-hydrogen) atoms. The Morgan fingerprint density at radius 3 is 2.39 bits per heavy atom. The molecule has 0 unspecified atom stereocenters. The number of imide groups is 1. The van der Waals surface area contributed by atoms with Gasteiger partial charge in [0, 0.05) is 5.56 Å². The number of ether oxygens (including phenoxy) is 2. The molecule has 2 N–H and O–H groups in total. The van der Waals surface area contributed by atoms with Gasteiger partial charge in [0.05, 0.1) is 22.3 Å². The Hall–Kier alpha value is -3.13. The van der Waals surface area contributed by atoms with E-state index in [1.807, 2.05) is 5.32 Å². The summed E-state index contributed by atoms with van der Waals surface area (Å²) in [5.41, 5.74) is 3.44. The first-order valence-corrected chi connectivity index (χ1v) is 9.69. The molecule has 13 heteroatoms. The van der Waals surface area contributed by atoms with Crippen LogP contribution in [0, 0.1) is 25.2 Å². The predicted octanol–water partition coefficient (Wildman–Crippen LogP) is 4.41. The van der Waals surface area contributed by atoms with Crippen LogP contribution in [0.1, 0.15) is 18.1 Å². The van der Waals surface area contributed by atoms with Gasteiger partial charge < -0.3 is 9.47 Å². The van der Waals surface area contributed by atoms with E-state index in [9.17, 15) is 9.59 Å². The van der Waals surface area contributed by atoms with Crippen molar-refractivity contribution in [2.24, 2.45) is 5.10 Å². The fourth-order valence-electron chi connectivity index (χ4n) is 2.04. The van der Waals surface area contributed by atoms with E-state index in [4.69, 9.17) is 44.8 Å². The van der Waals surface area contributed by atoms with Gasteiger partial charge in [-0.25, -0.2) is 4.79 Å². The van der Waals surface area contributed by atoms with E-state index in [1.54, 1.807) is 26.8 Å². The molecule has 0 radical (unpaired) electrons. The summed E-state index contributed by atoms with van der Waals surface area (Å²) >= 11 is 18.4. The van der Waals surface area contributed by atoms with E-state index in [0.29, 0.717) is 11.1 Å². The molecule has 0 aliphatic carbocycles. The Labute approximate surface area is 192 Å². The van der Waals surface area contributed by atoms with Gasteiger partial charge in [-0.3, -0.25) is 15.5 Å². The van der Waals surface area contributed by atoms with Crippen LogP contribution in [0.15, 0.2) is 17.2 Å². The molecule has 0 aliphatic rings. The number of halogens is 3. The zero-order valence-electron chi connectivity index (χ0n) is 16.4. The number of hydrogen-bond acceptors (Lipinski definition) is 9. The molecule has 162 valence electrons. The standard InChI is InChI=1S/C18H15Cl3N6O4/c1-4-30-18(29)23-16(28)13(7-22)25-24-10-5-11(19)14(12(20)6-10)31-17-9(3)8(2)15(21)26-27-17/h5-6,24H,4H2,1-3H3,(H,23,28,29). The molecule has 0 bridgehead atoms. The van der Waals surface area contributed by atoms with Crippen molar-refractivity contribution in [3.63, 3.8) is 0 Å². The molecule has 1 aromatic heterocycles. The molecule has 0 aliphatic heterocycles. The lowest BCUT2D eigenvalue weighted by molar-refractivity contribution is -0.114. The average molecular weight is 486 g/mol. The number of nitriles is 1. The number of hydrogen-bond donors (Lipinski definition) is 2. The van der Waals surface area contributed by atoms with Gasteiger partial charge in [0.15, 0.2) is 10.9 Å². The van der Waals surface area contributed by atoms with Gasteiger partial charge in [0.1, 0.15) is 6.07 Å². The quantitative estimate of drug-likeness (QED) is 0.453. The highest BCUT2D eigenvalue weighted by Crippen LogP contribution is 2.39. The van der Waals surface area contributed by atoms with E-state index in [-0.39, 0.29) is 39.1 Å². The van der Waals surface area contributed by atoms with Crippen molar-refractivity contribution in [2.45, 2.75) is 20.8 Å². The van der Waals surface area contributed by atoms with Crippen molar-refractivity contribution in [3.05, 3.63) is 38.5 Å². The minimum atomic E-state index is -1.04. The van der Waals surface area contributed by atoms with Crippen molar-refractivity contribution in [1.82, 2.24) is 15.5 Å². The van der Waals surface area contributed by atoms with Crippen molar-refractivity contribution in [1.29, 1.82) is 5.26 Å². The Bertz CT molecular complexity index is 1080. The van der Waals surface area contributed by atoms with Gasteiger partial charge in [-0.1, -0.05) is 34.8 Å². The average Bonchev–Trinajstić information content (AvgIpc) is 2.71. The van der Waals surface area contributed by atoms with Gasteiger partial charge in [0.25, 0.3) is 5.91 Å². The SMILES string of the molecule is CCOC(=O)NC(=O)C(C#N)=NNc1cc(Cl)c(Oc2nnc(Cl)c(C)c2C)c(Cl)c1. The van der Waals surface area contributed by atoms with Crippen LogP contribution in [0.25, 0.3) is 0 Å². The second-order valence-corrected chi connectivity index (χ2v) is 6.95. The highest BCUT2D eigenvalue weighted by molar-refractivity contribution is 6.47. The fourth-order valence-corrected chi connectivity index (χ4v) is 2.78. The second kappa shape index (κ2) is 10.8. The van der Waals surface area contributed by atoms with Crippen LogP contribution < -0.4 is 15.5 Å². The van der Waals surface area contributed by atoms with Crippen LogP contribution in [0.3, 0.4) is 0 Å². The minimum absolute atomic E-state index is 0.0580. The summed E-state index contributed by atoms with van der Waals surface area (Å²) in [6, 6.07) is 4.36. The molecule has 0 spiro atoms. The van der Waals surface area contributed by atoms with E-state index in [0.717, 1.165) is 0 Å². The summed E-state index contributed by atoms with van der Waals surface area (Å²) in [7, 11) is 0. The summed E-state index contributed by atoms with van der Waals surface area (Å²) < 4.78 is 10.2. The van der Waals surface area contributed by atoms with Crippen LogP contribution in [-0.2, 0) is 9.53 Å². The third-order valence-electron chi connectivity index (χ3n) is 3.73. The number of anilines is 1. The Morgan fingerprint density at radius 2 is 1.81 bits per heavy atom. The van der Waals surface area contributed by atoms with E-state index in [2.05, 4.69) is 25.5 Å². The third-order valence-corrected chi connectivity index (χ3v) is 4.65. The van der Waals surface area contributed by atoms with E-state index in [1.165, 1.54) is 12.1 Å². The van der Waals surface area contributed by atoms with Crippen molar-refractivity contribution < 1.29 is 19.1 Å². The topological polar surface area (TPSA) is 139 Å². The Balaban J connectivity index is 2.21. The van der Waals surface area contributed by atoms with Crippen LogP contribution in [0.5, 0.6) is 11.6 Å². The third kappa shape index (κ3) is 6.18. The lowest BCUT2D eigenvalue weighted by Gasteiger charge is -2.13. The molecule has 0 saturated heterocycles. The molecule has 1 aromatic carbocycles. The van der Waals surface area contributed by atoms with Crippen molar-refractivity contribution in [2.75, 3.05) is 12.0 Å². The van der Waals surface area contributed by atoms with Gasteiger partial charge in [0.2, 0.25) is 11.6 Å². The van der Waals surface area contributed by atoms with Crippen LogP contribution in [-0.4, -0.2) is 34.5 Å². The van der Waals surface area contributed by atoms with Gasteiger partial charge in [-0.05, 0) is 38.5 Å². The highest BCUT2D eigenvalue weighted by Gasteiger charge is 2.17. The first-order chi connectivity index (χ1) is 14.7. The molecule has 0 fully saturated rings. The zero-order chi connectivity index (χ0) is 23.1. The second-order valence-electron chi connectivity index (χ2n) is 5.78. The molecule has 0 atom stereocenters. The number of rotatable bonds is 6. The number of nitrogens with zero attached hydrogens (tertiary/aromatic N) is 4. The molecule has 2 aromatic rings. The zero-order valence-corrected chi connectivity index (χ0v) is 18.7. The van der Waals surface area contributed by atoms with E-state index < -0.39 is 17.7 Å². The maximum atomic E-state index is 11.9. The number of benzene rings is 1. The molecular weight excluding hydrogens is 471 g/mol. The number of hydrazone groups is 1. The molecule has 10 nitrogen and oxygen atoms in total. The van der Waals surface area contributed by atoms with Crippen LogP contribution >= 0.6 is 34.8 Å². The number of carbonyl (C=O) groups is 2. The number of amides is 2. The smallest absolute Gasteiger partial charge is 0.414 e. The summed E-state index contributed by atoms with van der Waals surface area (Å²) in [5.74, 6) is -0.762. The largest absolute Gasteiger partial charge is 0.450 e. The summed E-state index contributed by atoms with van der Waals surface area (Å²) in [6.07, 6.45) is -1.00. The molecular formula is C18H15Cl3N6O4. The Morgan fingerprint density at radius 1 is 1.16 bits per heavy atom. The van der Waals surface area contributed by atoms with Crippen molar-refractivity contribution >= 4 is 58.2 Å². The number of aromatic nitrogens is 2. The number of carbonyl (C=O) groups excluding carboxylic acids is 2. The van der Waals surface area contributed by atoms with Crippen LogP contribution in [0.4, 0.5) is 10.5 Å². The first kappa shape index (κ1) is 24.1. The highest BCUT2D eigenvalue weighted by atomic mass is 35.5. The lowest BCUT2D eigenvalue weighted by atomic mass is 10.2. The number of nitrogens with one attached hydrogen (secondary N) is 2. The summed E-state index contributed by atoms with van der Waals surface area (Å²) in [4.78, 5) is 23.1. The maximum absolute atomic E-state index is 11.9. The normalized spacial score (nSPS) is 10.8. The fraction of sp³-hybridized carbons (Fsp3) is 0.222. The Kier molecular flexibility index (Phi) is 8.38. The van der Waals surface area contributed by atoms with Crippen molar-refractivity contribution in [3.8, 4) is 17.7 Å². The van der Waals surface area contributed by atoms with Gasteiger partial charge in [-0.2, -0.15) is 10.4 Å². The monoisotopic (exact) mass is 484 g/mol. The van der Waals surface area contributed by atoms with Crippen LogP contribution in [0.2, 0.25) is 15.2 Å².